The third kappa shape index (κ3) is 3.48. The maximum atomic E-state index is 5.23. The Balaban J connectivity index is 1.81. The highest BCUT2D eigenvalue weighted by molar-refractivity contribution is 4.92. The van der Waals surface area contributed by atoms with Crippen LogP contribution in [0.25, 0.3) is 0 Å². The Morgan fingerprint density at radius 3 is 2.67 bits per heavy atom. The predicted octanol–water partition coefficient (Wildman–Crippen LogP) is 3.46. The lowest BCUT2D eigenvalue weighted by Gasteiger charge is -2.31. The fourth-order valence-electron chi connectivity index (χ4n) is 4.28. The van der Waals surface area contributed by atoms with Crippen molar-refractivity contribution in [1.29, 1.82) is 0 Å². The zero-order chi connectivity index (χ0) is 13.0. The summed E-state index contributed by atoms with van der Waals surface area (Å²) in [5, 5.41) is 3.72. The van der Waals surface area contributed by atoms with Gasteiger partial charge >= 0.3 is 0 Å². The highest BCUT2D eigenvalue weighted by Crippen LogP contribution is 2.50. The van der Waals surface area contributed by atoms with Crippen molar-refractivity contribution in [2.45, 2.75) is 58.4 Å². The average molecular weight is 253 g/mol. The van der Waals surface area contributed by atoms with E-state index in [2.05, 4.69) is 19.2 Å². The van der Waals surface area contributed by atoms with Crippen molar-refractivity contribution in [1.82, 2.24) is 5.32 Å². The summed E-state index contributed by atoms with van der Waals surface area (Å²) >= 11 is 0. The van der Waals surface area contributed by atoms with E-state index >= 15 is 0 Å². The van der Waals surface area contributed by atoms with Crippen LogP contribution in [0.3, 0.4) is 0 Å². The van der Waals surface area contributed by atoms with Crippen LogP contribution in [0.4, 0.5) is 0 Å². The largest absolute Gasteiger partial charge is 0.385 e. The molecular formula is C16H31NO. The second-order valence-corrected chi connectivity index (χ2v) is 6.59. The van der Waals surface area contributed by atoms with E-state index < -0.39 is 0 Å². The summed E-state index contributed by atoms with van der Waals surface area (Å²) in [5.41, 5.74) is 0. The third-order valence-corrected chi connectivity index (χ3v) is 5.37. The van der Waals surface area contributed by atoms with Crippen molar-refractivity contribution in [2.75, 3.05) is 20.3 Å². The molecule has 2 rings (SSSR count). The normalized spacial score (nSPS) is 33.8. The van der Waals surface area contributed by atoms with Gasteiger partial charge in [-0.15, -0.1) is 0 Å². The van der Waals surface area contributed by atoms with Gasteiger partial charge in [-0.3, -0.25) is 0 Å². The van der Waals surface area contributed by atoms with Gasteiger partial charge in [-0.25, -0.2) is 0 Å². The van der Waals surface area contributed by atoms with E-state index in [9.17, 15) is 0 Å². The fourth-order valence-corrected chi connectivity index (χ4v) is 4.28. The van der Waals surface area contributed by atoms with Gasteiger partial charge in [0.05, 0.1) is 0 Å². The number of hydrogen-bond donors (Lipinski definition) is 1. The lowest BCUT2D eigenvalue weighted by Crippen LogP contribution is -2.38. The summed E-state index contributed by atoms with van der Waals surface area (Å²) < 4.78 is 5.23. The third-order valence-electron chi connectivity index (χ3n) is 5.37. The average Bonchev–Trinajstić information content (AvgIpc) is 2.97. The summed E-state index contributed by atoms with van der Waals surface area (Å²) in [6.07, 6.45) is 8.68. The highest BCUT2D eigenvalue weighted by atomic mass is 16.5. The molecule has 2 aliphatic carbocycles. The molecule has 5 atom stereocenters. The molecule has 5 unspecified atom stereocenters. The molecule has 0 heterocycles. The second-order valence-electron chi connectivity index (χ2n) is 6.59. The lowest BCUT2D eigenvalue weighted by molar-refractivity contribution is 0.160. The number of nitrogens with one attached hydrogen (secondary N) is 1. The van der Waals surface area contributed by atoms with Crippen LogP contribution in [0.1, 0.15) is 52.4 Å². The molecule has 2 saturated carbocycles. The minimum Gasteiger partial charge on any atom is -0.385 e. The molecule has 2 bridgehead atoms. The molecule has 0 spiro atoms. The molecule has 2 aliphatic rings. The molecule has 0 aromatic heterocycles. The summed E-state index contributed by atoms with van der Waals surface area (Å²) in [4.78, 5) is 0. The smallest absolute Gasteiger partial charge is 0.0465 e. The first-order valence-corrected chi connectivity index (χ1v) is 7.96. The van der Waals surface area contributed by atoms with E-state index in [1.807, 2.05) is 7.11 Å². The molecular weight excluding hydrogens is 222 g/mol. The molecule has 0 aromatic carbocycles. The van der Waals surface area contributed by atoms with Crippen LogP contribution >= 0.6 is 0 Å². The maximum Gasteiger partial charge on any atom is 0.0465 e. The molecule has 2 nitrogen and oxygen atoms in total. The van der Waals surface area contributed by atoms with Crippen LogP contribution in [0.5, 0.6) is 0 Å². The van der Waals surface area contributed by atoms with Crippen molar-refractivity contribution in [3.8, 4) is 0 Å². The molecule has 0 aliphatic heterocycles. The van der Waals surface area contributed by atoms with Crippen LogP contribution in [-0.4, -0.2) is 26.3 Å². The van der Waals surface area contributed by atoms with Gasteiger partial charge in [-0.05, 0) is 62.3 Å². The number of ether oxygens (including phenoxy) is 1. The minimum atomic E-state index is 0.703. The first-order valence-electron chi connectivity index (χ1n) is 7.96. The van der Waals surface area contributed by atoms with Crippen LogP contribution < -0.4 is 5.32 Å². The van der Waals surface area contributed by atoms with Crippen molar-refractivity contribution in [2.24, 2.45) is 23.7 Å². The van der Waals surface area contributed by atoms with Gasteiger partial charge in [0.25, 0.3) is 0 Å². The Bertz CT molecular complexity index is 243. The quantitative estimate of drug-likeness (QED) is 0.715. The van der Waals surface area contributed by atoms with E-state index in [0.29, 0.717) is 6.04 Å². The van der Waals surface area contributed by atoms with Gasteiger partial charge in [-0.2, -0.15) is 0 Å². The fraction of sp³-hybridized carbons (Fsp3) is 1.00. The van der Waals surface area contributed by atoms with Crippen LogP contribution in [0, 0.1) is 23.7 Å². The van der Waals surface area contributed by atoms with Crippen molar-refractivity contribution >= 4 is 0 Å². The van der Waals surface area contributed by atoms with Crippen LogP contribution in [-0.2, 0) is 4.74 Å². The number of hydrogen-bond acceptors (Lipinski definition) is 2. The number of rotatable bonds is 8. The summed E-state index contributed by atoms with van der Waals surface area (Å²) in [5.74, 6) is 3.89. The van der Waals surface area contributed by atoms with Gasteiger partial charge in [0.15, 0.2) is 0 Å². The minimum absolute atomic E-state index is 0.703. The lowest BCUT2D eigenvalue weighted by atomic mass is 9.81. The molecule has 0 radical (unpaired) electrons. The molecule has 0 aromatic rings. The van der Waals surface area contributed by atoms with Gasteiger partial charge in [0, 0.05) is 19.8 Å². The van der Waals surface area contributed by atoms with Crippen LogP contribution in [0.15, 0.2) is 0 Å². The zero-order valence-corrected chi connectivity index (χ0v) is 12.5. The standard InChI is InChI=1S/C16H31NO/c1-4-17-16(12(2)7-8-18-3)11-15-10-13-5-6-14(15)9-13/h12-17H,4-11H2,1-3H3. The summed E-state index contributed by atoms with van der Waals surface area (Å²) in [6, 6.07) is 0.703. The second kappa shape index (κ2) is 6.91. The molecule has 106 valence electrons. The Kier molecular flexibility index (Phi) is 5.50. The van der Waals surface area contributed by atoms with E-state index in [0.717, 1.165) is 36.8 Å². The Morgan fingerprint density at radius 2 is 2.11 bits per heavy atom. The van der Waals surface area contributed by atoms with E-state index in [1.165, 1.54) is 38.5 Å². The first-order chi connectivity index (χ1) is 8.74. The Hall–Kier alpha value is -0.0800. The number of fused-ring (bicyclic) bond motifs is 2. The topological polar surface area (TPSA) is 21.3 Å². The predicted molar refractivity (Wildman–Crippen MR) is 76.7 cm³/mol. The van der Waals surface area contributed by atoms with Crippen LogP contribution in [0.2, 0.25) is 0 Å². The maximum absolute atomic E-state index is 5.23. The first kappa shape index (κ1) is 14.3. The van der Waals surface area contributed by atoms with Crippen molar-refractivity contribution in [3.05, 3.63) is 0 Å². The SMILES string of the molecule is CCNC(CC1CC2CCC1C2)C(C)CCOC. The summed E-state index contributed by atoms with van der Waals surface area (Å²) in [6.45, 7) is 6.62. The molecule has 2 heteroatoms. The summed E-state index contributed by atoms with van der Waals surface area (Å²) in [7, 11) is 1.81. The molecule has 0 saturated heterocycles. The van der Waals surface area contributed by atoms with Gasteiger partial charge in [0.1, 0.15) is 0 Å². The van der Waals surface area contributed by atoms with E-state index in [1.54, 1.807) is 0 Å². The van der Waals surface area contributed by atoms with Gasteiger partial charge in [0.2, 0.25) is 0 Å². The van der Waals surface area contributed by atoms with E-state index in [4.69, 9.17) is 4.74 Å². The molecule has 2 fully saturated rings. The van der Waals surface area contributed by atoms with Crippen molar-refractivity contribution in [3.63, 3.8) is 0 Å². The highest BCUT2D eigenvalue weighted by Gasteiger charge is 2.40. The van der Waals surface area contributed by atoms with Gasteiger partial charge < -0.3 is 10.1 Å². The monoisotopic (exact) mass is 253 g/mol. The van der Waals surface area contributed by atoms with Gasteiger partial charge in [-0.1, -0.05) is 20.3 Å². The van der Waals surface area contributed by atoms with E-state index in [-0.39, 0.29) is 0 Å². The number of methoxy groups -OCH3 is 1. The van der Waals surface area contributed by atoms with Crippen molar-refractivity contribution < 1.29 is 4.74 Å². The molecule has 18 heavy (non-hydrogen) atoms. The zero-order valence-electron chi connectivity index (χ0n) is 12.5. The Morgan fingerprint density at radius 1 is 1.28 bits per heavy atom. The molecule has 1 N–H and O–H groups in total. The Labute approximate surface area is 113 Å². The molecule has 0 amide bonds.